The van der Waals surface area contributed by atoms with Crippen LogP contribution in [0.25, 0.3) is 0 Å². The first-order valence-electron chi connectivity index (χ1n) is 11.3. The number of carbonyl (C=O) groups is 2. The van der Waals surface area contributed by atoms with Crippen LogP contribution in [0.4, 0.5) is 17.1 Å². The van der Waals surface area contributed by atoms with Crippen LogP contribution in [0.1, 0.15) is 48.4 Å². The van der Waals surface area contributed by atoms with Gasteiger partial charge >= 0.3 is 0 Å². The third-order valence-electron chi connectivity index (χ3n) is 6.42. The average molecular weight is 438 g/mol. The Balaban J connectivity index is 1.55. The van der Waals surface area contributed by atoms with Crippen LogP contribution >= 0.6 is 0 Å². The fourth-order valence-electron chi connectivity index (χ4n) is 4.78. The van der Waals surface area contributed by atoms with E-state index in [1.807, 2.05) is 48.5 Å². The molecule has 5 heteroatoms. The summed E-state index contributed by atoms with van der Waals surface area (Å²) in [6, 6.07) is 24.0. The molecule has 0 saturated heterocycles. The van der Waals surface area contributed by atoms with Crippen LogP contribution in [0.15, 0.2) is 84.1 Å². The lowest BCUT2D eigenvalue weighted by molar-refractivity contribution is -0.116. The number of ketones is 1. The summed E-state index contributed by atoms with van der Waals surface area (Å²) in [5.41, 5.74) is 7.84. The van der Waals surface area contributed by atoms with Gasteiger partial charge in [-0.05, 0) is 54.7 Å². The van der Waals surface area contributed by atoms with Crippen molar-refractivity contribution in [2.75, 3.05) is 16.0 Å². The molecule has 33 heavy (non-hydrogen) atoms. The highest BCUT2D eigenvalue weighted by atomic mass is 16.1. The molecule has 0 bridgehead atoms. The second-order valence-corrected chi connectivity index (χ2v) is 8.88. The van der Waals surface area contributed by atoms with Crippen LogP contribution < -0.4 is 16.0 Å². The highest BCUT2D eigenvalue weighted by Gasteiger charge is 2.36. The maximum atomic E-state index is 13.6. The largest absolute Gasteiger partial charge is 0.372 e. The SMILES string of the molecule is CC(=O)Nc1ccc([C@H]2Nc3ccccc3NC3=C2C(=O)C[C@@H](c2ccc(C)cc2)C3)cc1. The fraction of sp³-hybridized carbons (Fsp3) is 0.214. The summed E-state index contributed by atoms with van der Waals surface area (Å²) < 4.78 is 0. The predicted molar refractivity (Wildman–Crippen MR) is 132 cm³/mol. The molecule has 0 unspecified atom stereocenters. The van der Waals surface area contributed by atoms with Gasteiger partial charge in [0.15, 0.2) is 5.78 Å². The second-order valence-electron chi connectivity index (χ2n) is 8.88. The van der Waals surface area contributed by atoms with E-state index in [4.69, 9.17) is 0 Å². The normalized spacial score (nSPS) is 19.5. The summed E-state index contributed by atoms with van der Waals surface area (Å²) in [5.74, 6) is 0.200. The van der Waals surface area contributed by atoms with Crippen molar-refractivity contribution in [1.82, 2.24) is 0 Å². The Morgan fingerprint density at radius 3 is 2.24 bits per heavy atom. The van der Waals surface area contributed by atoms with Crippen molar-refractivity contribution < 1.29 is 9.59 Å². The number of amides is 1. The Kier molecular flexibility index (Phi) is 5.47. The molecule has 0 fully saturated rings. The van der Waals surface area contributed by atoms with Crippen molar-refractivity contribution in [1.29, 1.82) is 0 Å². The van der Waals surface area contributed by atoms with Gasteiger partial charge < -0.3 is 16.0 Å². The van der Waals surface area contributed by atoms with Gasteiger partial charge in [-0.3, -0.25) is 9.59 Å². The molecule has 3 aromatic carbocycles. The molecule has 2 atom stereocenters. The summed E-state index contributed by atoms with van der Waals surface area (Å²) in [5, 5.41) is 9.98. The molecule has 1 heterocycles. The number of aryl methyl sites for hydroxylation is 1. The van der Waals surface area contributed by atoms with Gasteiger partial charge in [-0.15, -0.1) is 0 Å². The summed E-state index contributed by atoms with van der Waals surface area (Å²) in [6.45, 7) is 3.57. The third-order valence-corrected chi connectivity index (χ3v) is 6.42. The van der Waals surface area contributed by atoms with E-state index < -0.39 is 0 Å². The number of rotatable bonds is 3. The Hall–Kier alpha value is -3.86. The first-order chi connectivity index (χ1) is 16.0. The van der Waals surface area contributed by atoms with E-state index in [9.17, 15) is 9.59 Å². The minimum atomic E-state index is -0.269. The van der Waals surface area contributed by atoms with Crippen LogP contribution in [-0.2, 0) is 9.59 Å². The Bertz CT molecular complexity index is 1240. The van der Waals surface area contributed by atoms with Crippen LogP contribution in [-0.4, -0.2) is 11.7 Å². The summed E-state index contributed by atoms with van der Waals surface area (Å²) in [6.07, 6.45) is 1.27. The Morgan fingerprint density at radius 1 is 0.879 bits per heavy atom. The molecule has 166 valence electrons. The van der Waals surface area contributed by atoms with Gasteiger partial charge in [-0.2, -0.15) is 0 Å². The molecular formula is C28H27N3O2. The summed E-state index contributed by atoms with van der Waals surface area (Å²) in [7, 11) is 0. The standard InChI is InChI=1S/C28H27N3O2/c1-17-7-9-19(10-8-17)21-15-25-27(26(33)16-21)28(31-24-6-4-3-5-23(24)30-25)20-11-13-22(14-12-20)29-18(2)32/h3-14,21,28,30-31H,15-16H2,1-2H3,(H,29,32)/t21-,28+/m0/s1. The highest BCUT2D eigenvalue weighted by molar-refractivity contribution is 6.01. The van der Waals surface area contributed by atoms with Crippen molar-refractivity contribution in [3.8, 4) is 0 Å². The van der Waals surface area contributed by atoms with Crippen molar-refractivity contribution in [2.24, 2.45) is 0 Å². The maximum Gasteiger partial charge on any atom is 0.221 e. The van der Waals surface area contributed by atoms with Crippen LogP contribution in [0, 0.1) is 6.92 Å². The third kappa shape index (κ3) is 4.27. The van der Waals surface area contributed by atoms with E-state index in [2.05, 4.69) is 47.1 Å². The number of carbonyl (C=O) groups excluding carboxylic acids is 2. The number of Topliss-reactive ketones (excluding diaryl/α,β-unsaturated/α-hetero) is 1. The lowest BCUT2D eigenvalue weighted by Crippen LogP contribution is -2.26. The molecule has 5 nitrogen and oxygen atoms in total. The number of hydrogen-bond donors (Lipinski definition) is 3. The minimum absolute atomic E-state index is 0.108. The number of nitrogens with one attached hydrogen (secondary N) is 3. The van der Waals surface area contributed by atoms with Gasteiger partial charge in [0.1, 0.15) is 0 Å². The number of fused-ring (bicyclic) bond motifs is 1. The summed E-state index contributed by atoms with van der Waals surface area (Å²) in [4.78, 5) is 25.0. The molecule has 1 aliphatic carbocycles. The molecule has 1 amide bonds. The quantitative estimate of drug-likeness (QED) is 0.475. The van der Waals surface area contributed by atoms with Crippen molar-refractivity contribution in [2.45, 2.75) is 38.6 Å². The maximum absolute atomic E-state index is 13.6. The van der Waals surface area contributed by atoms with Gasteiger partial charge in [-0.1, -0.05) is 54.1 Å². The topological polar surface area (TPSA) is 70.2 Å². The molecule has 2 aliphatic rings. The highest BCUT2D eigenvalue weighted by Crippen LogP contribution is 2.44. The summed E-state index contributed by atoms with van der Waals surface area (Å²) >= 11 is 0. The molecule has 0 spiro atoms. The van der Waals surface area contributed by atoms with Gasteiger partial charge in [-0.25, -0.2) is 0 Å². The first-order valence-corrected chi connectivity index (χ1v) is 11.3. The Morgan fingerprint density at radius 2 is 1.55 bits per heavy atom. The zero-order valence-corrected chi connectivity index (χ0v) is 18.8. The van der Waals surface area contributed by atoms with E-state index in [-0.39, 0.29) is 23.7 Å². The molecule has 3 N–H and O–H groups in total. The van der Waals surface area contributed by atoms with Gasteiger partial charge in [0.2, 0.25) is 5.91 Å². The van der Waals surface area contributed by atoms with Gasteiger partial charge in [0, 0.05) is 30.3 Å². The molecule has 1 aliphatic heterocycles. The van der Waals surface area contributed by atoms with Crippen LogP contribution in [0.5, 0.6) is 0 Å². The number of anilines is 3. The molecule has 0 radical (unpaired) electrons. The van der Waals surface area contributed by atoms with E-state index in [1.165, 1.54) is 18.1 Å². The second kappa shape index (κ2) is 8.58. The zero-order valence-electron chi connectivity index (χ0n) is 18.8. The lowest BCUT2D eigenvalue weighted by Gasteiger charge is -2.30. The lowest BCUT2D eigenvalue weighted by atomic mass is 9.78. The number of para-hydroxylation sites is 2. The monoisotopic (exact) mass is 437 g/mol. The predicted octanol–water partition coefficient (Wildman–Crippen LogP) is 5.93. The molecular weight excluding hydrogens is 410 g/mol. The van der Waals surface area contributed by atoms with E-state index >= 15 is 0 Å². The number of allylic oxidation sites excluding steroid dienone is 1. The molecule has 5 rings (SSSR count). The molecule has 0 aromatic heterocycles. The van der Waals surface area contributed by atoms with E-state index in [1.54, 1.807) is 0 Å². The Labute approximate surface area is 193 Å². The van der Waals surface area contributed by atoms with E-state index in [0.29, 0.717) is 6.42 Å². The smallest absolute Gasteiger partial charge is 0.221 e. The average Bonchev–Trinajstić information content (AvgIpc) is 2.96. The van der Waals surface area contributed by atoms with Gasteiger partial charge in [0.25, 0.3) is 0 Å². The number of hydrogen-bond acceptors (Lipinski definition) is 4. The van der Waals surface area contributed by atoms with Crippen LogP contribution in [0.2, 0.25) is 0 Å². The van der Waals surface area contributed by atoms with E-state index in [0.717, 1.165) is 40.3 Å². The number of benzene rings is 3. The van der Waals surface area contributed by atoms with Crippen molar-refractivity contribution in [3.63, 3.8) is 0 Å². The zero-order chi connectivity index (χ0) is 22.9. The minimum Gasteiger partial charge on any atom is -0.372 e. The molecule has 0 saturated carbocycles. The van der Waals surface area contributed by atoms with Crippen molar-refractivity contribution >= 4 is 28.8 Å². The first kappa shape index (κ1) is 21.0. The molecule has 3 aromatic rings. The fourth-order valence-corrected chi connectivity index (χ4v) is 4.78. The van der Waals surface area contributed by atoms with Crippen LogP contribution in [0.3, 0.4) is 0 Å². The van der Waals surface area contributed by atoms with Crippen molar-refractivity contribution in [3.05, 3.63) is 101 Å². The van der Waals surface area contributed by atoms with Gasteiger partial charge in [0.05, 0.1) is 17.4 Å².